The van der Waals surface area contributed by atoms with E-state index in [-0.39, 0.29) is 0 Å². The highest BCUT2D eigenvalue weighted by Crippen LogP contribution is 2.23. The third-order valence-electron chi connectivity index (χ3n) is 5.31. The molecule has 1 aliphatic carbocycles. The van der Waals surface area contributed by atoms with E-state index in [9.17, 15) is 0 Å². The van der Waals surface area contributed by atoms with Crippen LogP contribution in [0.1, 0.15) is 38.4 Å². The van der Waals surface area contributed by atoms with E-state index in [2.05, 4.69) is 22.5 Å². The van der Waals surface area contributed by atoms with Crippen molar-refractivity contribution < 1.29 is 9.15 Å². The molecule has 1 aliphatic heterocycles. The average Bonchev–Trinajstić information content (AvgIpc) is 3.16. The molecule has 0 bridgehead atoms. The molecule has 1 saturated heterocycles. The van der Waals surface area contributed by atoms with Gasteiger partial charge in [0.2, 0.25) is 0 Å². The highest BCUT2D eigenvalue weighted by atomic mass is 16.5. The molecule has 1 aromatic rings. The van der Waals surface area contributed by atoms with E-state index >= 15 is 0 Å². The summed E-state index contributed by atoms with van der Waals surface area (Å²) in [5.74, 6) is 2.76. The van der Waals surface area contributed by atoms with Crippen LogP contribution in [0.2, 0.25) is 0 Å². The minimum atomic E-state index is 0.539. The van der Waals surface area contributed by atoms with Crippen molar-refractivity contribution >= 4 is 5.96 Å². The lowest BCUT2D eigenvalue weighted by Crippen LogP contribution is -2.46. The molecule has 0 aromatic carbocycles. The van der Waals surface area contributed by atoms with Crippen LogP contribution >= 0.6 is 0 Å². The standard InChI is InChI=1S/C20H34N4O2/c1-17-4-2-5-18(16-17)23-20(21-8-7-19-6-3-13-26-19)22-9-10-24-11-14-25-15-12-24/h3,6,13,17-18H,2,4-5,7-12,14-16H2,1H3,(H2,21,22,23). The largest absolute Gasteiger partial charge is 0.469 e. The lowest BCUT2D eigenvalue weighted by molar-refractivity contribution is 0.0394. The highest BCUT2D eigenvalue weighted by molar-refractivity contribution is 5.80. The zero-order chi connectivity index (χ0) is 18.0. The monoisotopic (exact) mass is 362 g/mol. The third kappa shape index (κ3) is 6.65. The number of ether oxygens (including phenoxy) is 1. The summed E-state index contributed by atoms with van der Waals surface area (Å²) in [4.78, 5) is 7.26. The first kappa shape index (κ1) is 19.2. The number of morpholine rings is 1. The van der Waals surface area contributed by atoms with Crippen LogP contribution in [0.4, 0.5) is 0 Å². The van der Waals surface area contributed by atoms with Crippen LogP contribution in [-0.4, -0.2) is 62.8 Å². The average molecular weight is 363 g/mol. The van der Waals surface area contributed by atoms with Gasteiger partial charge in [0.1, 0.15) is 5.76 Å². The number of nitrogens with one attached hydrogen (secondary N) is 2. The van der Waals surface area contributed by atoms with Gasteiger partial charge in [-0.05, 0) is 30.9 Å². The minimum absolute atomic E-state index is 0.539. The molecule has 2 N–H and O–H groups in total. The topological polar surface area (TPSA) is 62.0 Å². The molecule has 146 valence electrons. The molecule has 2 unspecified atom stereocenters. The van der Waals surface area contributed by atoms with Crippen molar-refractivity contribution in [2.24, 2.45) is 10.9 Å². The van der Waals surface area contributed by atoms with Crippen molar-refractivity contribution in [3.05, 3.63) is 24.2 Å². The molecule has 26 heavy (non-hydrogen) atoms. The van der Waals surface area contributed by atoms with E-state index in [0.717, 1.165) is 70.0 Å². The van der Waals surface area contributed by atoms with Crippen LogP contribution in [0, 0.1) is 5.92 Å². The minimum Gasteiger partial charge on any atom is -0.469 e. The van der Waals surface area contributed by atoms with Crippen molar-refractivity contribution in [3.63, 3.8) is 0 Å². The maximum atomic E-state index is 5.42. The Bertz CT molecular complexity index is 526. The van der Waals surface area contributed by atoms with Gasteiger partial charge in [0.25, 0.3) is 0 Å². The Balaban J connectivity index is 1.48. The fourth-order valence-corrected chi connectivity index (χ4v) is 3.80. The van der Waals surface area contributed by atoms with Crippen molar-refractivity contribution in [2.75, 3.05) is 45.9 Å². The molecular weight excluding hydrogens is 328 g/mol. The first-order valence-corrected chi connectivity index (χ1v) is 10.2. The second-order valence-corrected chi connectivity index (χ2v) is 7.55. The quantitative estimate of drug-likeness (QED) is 0.575. The Labute approximate surface area is 157 Å². The summed E-state index contributed by atoms with van der Waals surface area (Å²) in [5, 5.41) is 7.16. The van der Waals surface area contributed by atoms with Crippen LogP contribution < -0.4 is 10.6 Å². The molecule has 6 nitrogen and oxygen atoms in total. The maximum absolute atomic E-state index is 5.42. The van der Waals surface area contributed by atoms with Crippen molar-refractivity contribution in [1.29, 1.82) is 0 Å². The number of nitrogens with zero attached hydrogens (tertiary/aromatic N) is 2. The molecule has 0 spiro atoms. The Morgan fingerprint density at radius 1 is 1.31 bits per heavy atom. The molecule has 2 atom stereocenters. The van der Waals surface area contributed by atoms with Gasteiger partial charge in [0, 0.05) is 38.6 Å². The smallest absolute Gasteiger partial charge is 0.191 e. The van der Waals surface area contributed by atoms with Gasteiger partial charge in [0.05, 0.1) is 26.0 Å². The van der Waals surface area contributed by atoms with E-state index < -0.39 is 0 Å². The Morgan fingerprint density at radius 2 is 2.19 bits per heavy atom. The van der Waals surface area contributed by atoms with E-state index in [1.165, 1.54) is 25.7 Å². The molecule has 0 radical (unpaired) electrons. The van der Waals surface area contributed by atoms with Gasteiger partial charge in [-0.25, -0.2) is 0 Å². The molecule has 2 aliphatic rings. The van der Waals surface area contributed by atoms with E-state index in [0.29, 0.717) is 6.04 Å². The molecule has 3 rings (SSSR count). The molecule has 6 heteroatoms. The maximum Gasteiger partial charge on any atom is 0.191 e. The zero-order valence-corrected chi connectivity index (χ0v) is 16.1. The lowest BCUT2D eigenvalue weighted by atomic mass is 9.87. The Kier molecular flexibility index (Phi) is 7.83. The molecule has 0 amide bonds. The second-order valence-electron chi connectivity index (χ2n) is 7.55. The van der Waals surface area contributed by atoms with Gasteiger partial charge in [-0.1, -0.05) is 19.8 Å². The molecular formula is C20H34N4O2. The summed E-state index contributed by atoms with van der Waals surface area (Å²) in [6, 6.07) is 4.50. The fourth-order valence-electron chi connectivity index (χ4n) is 3.80. The van der Waals surface area contributed by atoms with E-state index in [4.69, 9.17) is 14.1 Å². The van der Waals surface area contributed by atoms with Gasteiger partial charge >= 0.3 is 0 Å². The summed E-state index contributed by atoms with van der Waals surface area (Å²) in [7, 11) is 0. The number of hydrogen-bond donors (Lipinski definition) is 2. The van der Waals surface area contributed by atoms with Crippen molar-refractivity contribution in [1.82, 2.24) is 15.5 Å². The number of furan rings is 1. The predicted molar refractivity (Wildman–Crippen MR) is 105 cm³/mol. The number of hydrogen-bond acceptors (Lipinski definition) is 4. The lowest BCUT2D eigenvalue weighted by Gasteiger charge is -2.29. The van der Waals surface area contributed by atoms with Crippen LogP contribution in [-0.2, 0) is 11.2 Å². The summed E-state index contributed by atoms with van der Waals surface area (Å²) >= 11 is 0. The molecule has 1 saturated carbocycles. The van der Waals surface area contributed by atoms with Crippen molar-refractivity contribution in [2.45, 2.75) is 45.1 Å². The first-order valence-electron chi connectivity index (χ1n) is 10.2. The summed E-state index contributed by atoms with van der Waals surface area (Å²) in [6.07, 6.45) is 7.75. The highest BCUT2D eigenvalue weighted by Gasteiger charge is 2.19. The van der Waals surface area contributed by atoms with Crippen LogP contribution in [0.15, 0.2) is 27.8 Å². The second kappa shape index (κ2) is 10.6. The van der Waals surface area contributed by atoms with E-state index in [1.54, 1.807) is 6.26 Å². The number of rotatable bonds is 7. The summed E-state index contributed by atoms with van der Waals surface area (Å²) in [6.45, 7) is 8.72. The van der Waals surface area contributed by atoms with E-state index in [1.807, 2.05) is 12.1 Å². The first-order chi connectivity index (χ1) is 12.8. The van der Waals surface area contributed by atoms with Gasteiger partial charge in [0.15, 0.2) is 5.96 Å². The molecule has 1 aromatic heterocycles. The third-order valence-corrected chi connectivity index (χ3v) is 5.31. The van der Waals surface area contributed by atoms with Crippen LogP contribution in [0.3, 0.4) is 0 Å². The number of guanidine groups is 1. The normalized spacial score (nSPS) is 25.2. The van der Waals surface area contributed by atoms with Gasteiger partial charge < -0.3 is 19.8 Å². The van der Waals surface area contributed by atoms with Gasteiger partial charge in [-0.2, -0.15) is 0 Å². The predicted octanol–water partition coefficient (Wildman–Crippen LogP) is 2.27. The van der Waals surface area contributed by atoms with Crippen molar-refractivity contribution in [3.8, 4) is 0 Å². The Morgan fingerprint density at radius 3 is 2.96 bits per heavy atom. The number of aliphatic imine (C=N–C) groups is 1. The Hall–Kier alpha value is -1.53. The van der Waals surface area contributed by atoms with Gasteiger partial charge in [-0.15, -0.1) is 0 Å². The fraction of sp³-hybridized carbons (Fsp3) is 0.750. The summed E-state index contributed by atoms with van der Waals surface area (Å²) < 4.78 is 10.8. The molecule has 2 heterocycles. The van der Waals surface area contributed by atoms with Crippen LogP contribution in [0.25, 0.3) is 0 Å². The SMILES string of the molecule is CC1CCCC(NC(=NCCN2CCOCC2)NCCc2ccco2)C1. The van der Waals surface area contributed by atoms with Crippen LogP contribution in [0.5, 0.6) is 0 Å². The zero-order valence-electron chi connectivity index (χ0n) is 16.1. The molecule has 2 fully saturated rings. The van der Waals surface area contributed by atoms with Gasteiger partial charge in [-0.3, -0.25) is 9.89 Å². The summed E-state index contributed by atoms with van der Waals surface area (Å²) in [5.41, 5.74) is 0.